The van der Waals surface area contributed by atoms with Crippen LogP contribution >= 0.6 is 0 Å². The van der Waals surface area contributed by atoms with Gasteiger partial charge in [-0.15, -0.1) is 0 Å². The number of rotatable bonds is 6. The Labute approximate surface area is 197 Å². The van der Waals surface area contributed by atoms with E-state index in [4.69, 9.17) is 4.52 Å². The van der Waals surface area contributed by atoms with Crippen LogP contribution in [0.15, 0.2) is 59.4 Å². The summed E-state index contributed by atoms with van der Waals surface area (Å²) >= 11 is 0. The van der Waals surface area contributed by atoms with Gasteiger partial charge in [0.2, 0.25) is 5.91 Å². The SMILES string of the molecule is Cc1cccc(CCNC(=O)C2CCCN(c3ncnc4onc(-c5ccc(F)cc5)c34)C2)c1. The van der Waals surface area contributed by atoms with E-state index in [0.717, 1.165) is 31.4 Å². The molecule has 0 spiro atoms. The fraction of sp³-hybridized carbons (Fsp3) is 0.308. The largest absolute Gasteiger partial charge is 0.355 e. The van der Waals surface area contributed by atoms with Gasteiger partial charge in [0.25, 0.3) is 5.71 Å². The van der Waals surface area contributed by atoms with Crippen molar-refractivity contribution in [3.8, 4) is 11.3 Å². The van der Waals surface area contributed by atoms with Crippen LogP contribution in [0.3, 0.4) is 0 Å². The molecule has 3 heterocycles. The van der Waals surface area contributed by atoms with Crippen molar-refractivity contribution in [1.29, 1.82) is 0 Å². The van der Waals surface area contributed by atoms with Crippen molar-refractivity contribution in [3.05, 3.63) is 71.8 Å². The van der Waals surface area contributed by atoms with Crippen molar-refractivity contribution in [1.82, 2.24) is 20.4 Å². The van der Waals surface area contributed by atoms with Crippen LogP contribution in [0.2, 0.25) is 0 Å². The third-order valence-electron chi connectivity index (χ3n) is 6.26. The predicted octanol–water partition coefficient (Wildman–Crippen LogP) is 4.31. The molecule has 1 saturated heterocycles. The first-order valence-corrected chi connectivity index (χ1v) is 11.5. The minimum Gasteiger partial charge on any atom is -0.355 e. The summed E-state index contributed by atoms with van der Waals surface area (Å²) in [5.41, 5.74) is 4.09. The summed E-state index contributed by atoms with van der Waals surface area (Å²) in [6.07, 6.45) is 3.95. The van der Waals surface area contributed by atoms with Gasteiger partial charge >= 0.3 is 0 Å². The van der Waals surface area contributed by atoms with Crippen molar-refractivity contribution in [2.45, 2.75) is 26.2 Å². The number of fused-ring (bicyclic) bond motifs is 1. The molecule has 1 aliphatic rings. The van der Waals surface area contributed by atoms with Gasteiger partial charge in [0.15, 0.2) is 0 Å². The van der Waals surface area contributed by atoms with E-state index in [1.54, 1.807) is 12.1 Å². The lowest BCUT2D eigenvalue weighted by atomic mass is 9.96. The van der Waals surface area contributed by atoms with Gasteiger partial charge in [-0.3, -0.25) is 4.79 Å². The second kappa shape index (κ2) is 9.59. The van der Waals surface area contributed by atoms with Gasteiger partial charge in [-0.1, -0.05) is 35.0 Å². The molecule has 1 fully saturated rings. The second-order valence-corrected chi connectivity index (χ2v) is 8.73. The van der Waals surface area contributed by atoms with Crippen molar-refractivity contribution in [2.75, 3.05) is 24.5 Å². The quantitative estimate of drug-likeness (QED) is 0.463. The molecule has 174 valence electrons. The van der Waals surface area contributed by atoms with Crippen LogP contribution in [0, 0.1) is 18.7 Å². The summed E-state index contributed by atoms with van der Waals surface area (Å²) in [5, 5.41) is 7.95. The van der Waals surface area contributed by atoms with Gasteiger partial charge < -0.3 is 14.7 Å². The number of carbonyl (C=O) groups is 1. The Bertz CT molecular complexity index is 1300. The molecule has 34 heavy (non-hydrogen) atoms. The van der Waals surface area contributed by atoms with Gasteiger partial charge in [-0.05, 0) is 56.0 Å². The highest BCUT2D eigenvalue weighted by Gasteiger charge is 2.29. The minimum absolute atomic E-state index is 0.0618. The van der Waals surface area contributed by atoms with Gasteiger partial charge in [-0.25, -0.2) is 9.37 Å². The van der Waals surface area contributed by atoms with Crippen LogP contribution in [0.25, 0.3) is 22.4 Å². The molecule has 8 heteroatoms. The first-order valence-electron chi connectivity index (χ1n) is 11.5. The molecule has 1 atom stereocenters. The van der Waals surface area contributed by atoms with Crippen molar-refractivity contribution < 1.29 is 13.7 Å². The Morgan fingerprint density at radius 3 is 2.88 bits per heavy atom. The molecular formula is C26H26FN5O2. The van der Waals surface area contributed by atoms with E-state index in [-0.39, 0.29) is 17.6 Å². The maximum atomic E-state index is 13.4. The Morgan fingerprint density at radius 1 is 1.21 bits per heavy atom. The predicted molar refractivity (Wildman–Crippen MR) is 128 cm³/mol. The molecule has 1 unspecified atom stereocenters. The summed E-state index contributed by atoms with van der Waals surface area (Å²) in [4.78, 5) is 23.8. The Balaban J connectivity index is 1.31. The molecule has 7 nitrogen and oxygen atoms in total. The van der Waals surface area contributed by atoms with Gasteiger partial charge in [0.05, 0.1) is 5.92 Å². The van der Waals surface area contributed by atoms with Crippen molar-refractivity contribution in [2.24, 2.45) is 5.92 Å². The fourth-order valence-electron chi connectivity index (χ4n) is 4.54. The van der Waals surface area contributed by atoms with Gasteiger partial charge in [0.1, 0.15) is 29.0 Å². The number of benzene rings is 2. The molecule has 0 aliphatic carbocycles. The van der Waals surface area contributed by atoms with E-state index in [9.17, 15) is 9.18 Å². The molecule has 1 N–H and O–H groups in total. The van der Waals surface area contributed by atoms with Crippen LogP contribution in [0.4, 0.5) is 10.2 Å². The second-order valence-electron chi connectivity index (χ2n) is 8.73. The highest BCUT2D eigenvalue weighted by molar-refractivity contribution is 5.98. The van der Waals surface area contributed by atoms with Crippen LogP contribution in [0.1, 0.15) is 24.0 Å². The van der Waals surface area contributed by atoms with Crippen molar-refractivity contribution >= 4 is 22.8 Å². The lowest BCUT2D eigenvalue weighted by Crippen LogP contribution is -2.43. The number of aryl methyl sites for hydroxylation is 1. The lowest BCUT2D eigenvalue weighted by Gasteiger charge is -2.33. The van der Waals surface area contributed by atoms with E-state index in [2.05, 4.69) is 50.5 Å². The monoisotopic (exact) mass is 459 g/mol. The summed E-state index contributed by atoms with van der Waals surface area (Å²) in [6.45, 7) is 4.00. The maximum Gasteiger partial charge on any atom is 0.263 e. The third kappa shape index (κ3) is 4.62. The fourth-order valence-corrected chi connectivity index (χ4v) is 4.54. The normalized spacial score (nSPS) is 16.1. The zero-order chi connectivity index (χ0) is 23.5. The molecule has 0 radical (unpaired) electrons. The molecule has 2 aromatic heterocycles. The zero-order valence-corrected chi connectivity index (χ0v) is 19.0. The summed E-state index contributed by atoms with van der Waals surface area (Å²) < 4.78 is 18.9. The molecule has 4 aromatic rings. The highest BCUT2D eigenvalue weighted by Crippen LogP contribution is 2.34. The molecule has 1 amide bonds. The topological polar surface area (TPSA) is 84.2 Å². The number of hydrogen-bond donors (Lipinski definition) is 1. The zero-order valence-electron chi connectivity index (χ0n) is 19.0. The standard InChI is InChI=1S/C26H26FN5O2/c1-17-4-2-5-18(14-17)11-12-28-25(33)20-6-3-13-32(15-20)24-22-23(19-7-9-21(27)10-8-19)31-34-26(22)30-16-29-24/h2,4-5,7-10,14,16,20H,3,6,11-13,15H2,1H3,(H,28,33). The van der Waals surface area contributed by atoms with E-state index in [0.29, 0.717) is 35.7 Å². The van der Waals surface area contributed by atoms with E-state index >= 15 is 0 Å². The number of halogens is 1. The smallest absolute Gasteiger partial charge is 0.263 e. The van der Waals surface area contributed by atoms with E-state index in [1.165, 1.54) is 29.6 Å². The molecule has 1 aliphatic heterocycles. The summed E-state index contributed by atoms with van der Waals surface area (Å²) in [7, 11) is 0. The maximum absolute atomic E-state index is 13.4. The number of amides is 1. The average molecular weight is 460 g/mol. The van der Waals surface area contributed by atoms with Gasteiger partial charge in [0, 0.05) is 25.2 Å². The average Bonchev–Trinajstić information content (AvgIpc) is 3.29. The molecule has 5 rings (SSSR count). The first-order chi connectivity index (χ1) is 16.6. The minimum atomic E-state index is -0.319. The summed E-state index contributed by atoms with van der Waals surface area (Å²) in [5.74, 6) is 0.292. The van der Waals surface area contributed by atoms with E-state index in [1.807, 2.05) is 6.07 Å². The summed E-state index contributed by atoms with van der Waals surface area (Å²) in [6, 6.07) is 14.4. The first kappa shape index (κ1) is 22.0. The highest BCUT2D eigenvalue weighted by atomic mass is 19.1. The molecular weight excluding hydrogens is 433 g/mol. The Kier molecular flexibility index (Phi) is 6.20. The number of carbonyl (C=O) groups excluding carboxylic acids is 1. The number of nitrogens with zero attached hydrogens (tertiary/aromatic N) is 4. The lowest BCUT2D eigenvalue weighted by molar-refractivity contribution is -0.125. The molecule has 0 bridgehead atoms. The molecule has 0 saturated carbocycles. The van der Waals surface area contributed by atoms with E-state index < -0.39 is 0 Å². The van der Waals surface area contributed by atoms with Crippen LogP contribution < -0.4 is 10.2 Å². The van der Waals surface area contributed by atoms with Crippen LogP contribution in [-0.4, -0.2) is 40.7 Å². The van der Waals surface area contributed by atoms with Crippen LogP contribution in [0.5, 0.6) is 0 Å². The number of aromatic nitrogens is 3. The third-order valence-corrected chi connectivity index (χ3v) is 6.26. The number of nitrogens with one attached hydrogen (secondary N) is 1. The Hall–Kier alpha value is -3.81. The van der Waals surface area contributed by atoms with Gasteiger partial charge in [-0.2, -0.15) is 4.98 Å². The van der Waals surface area contributed by atoms with Crippen molar-refractivity contribution in [3.63, 3.8) is 0 Å². The number of anilines is 1. The number of hydrogen-bond acceptors (Lipinski definition) is 6. The number of piperidine rings is 1. The Morgan fingerprint density at radius 2 is 2.06 bits per heavy atom. The van der Waals surface area contributed by atoms with Crippen LogP contribution in [-0.2, 0) is 11.2 Å². The molecule has 2 aromatic carbocycles.